The van der Waals surface area contributed by atoms with Crippen molar-refractivity contribution in [1.82, 2.24) is 4.90 Å². The number of amides is 2. The third kappa shape index (κ3) is 3.80. The van der Waals surface area contributed by atoms with Crippen LogP contribution in [0.3, 0.4) is 0 Å². The number of benzene rings is 1. The van der Waals surface area contributed by atoms with Gasteiger partial charge in [-0.3, -0.25) is 14.4 Å². The van der Waals surface area contributed by atoms with E-state index in [1.807, 2.05) is 24.1 Å². The predicted molar refractivity (Wildman–Crippen MR) is 109 cm³/mol. The van der Waals surface area contributed by atoms with Gasteiger partial charge in [-0.15, -0.1) is 0 Å². The zero-order valence-corrected chi connectivity index (χ0v) is 16.7. The minimum Gasteiger partial charge on any atom is -0.481 e. The summed E-state index contributed by atoms with van der Waals surface area (Å²) in [6.07, 6.45) is 10.3. The van der Waals surface area contributed by atoms with E-state index < -0.39 is 17.8 Å². The van der Waals surface area contributed by atoms with E-state index in [1.165, 1.54) is 19.3 Å². The number of rotatable bonds is 5. The molecule has 3 aliphatic carbocycles. The van der Waals surface area contributed by atoms with E-state index in [0.717, 1.165) is 19.3 Å². The molecular weight excluding hydrogens is 368 g/mol. The highest BCUT2D eigenvalue weighted by Crippen LogP contribution is 2.48. The Hall–Kier alpha value is -2.63. The molecule has 4 rings (SSSR count). The number of nitrogens with one attached hydrogen (secondary N) is 1. The van der Waals surface area contributed by atoms with Gasteiger partial charge in [-0.2, -0.15) is 0 Å². The van der Waals surface area contributed by atoms with Crippen LogP contribution in [0.2, 0.25) is 0 Å². The smallest absolute Gasteiger partial charge is 0.307 e. The number of carboxylic acids is 1. The molecule has 4 atom stereocenters. The van der Waals surface area contributed by atoms with Crippen LogP contribution in [0.25, 0.3) is 0 Å². The zero-order valence-electron chi connectivity index (χ0n) is 16.7. The Bertz CT molecular complexity index is 826. The molecule has 2 amide bonds. The monoisotopic (exact) mass is 396 g/mol. The predicted octanol–water partition coefficient (Wildman–Crippen LogP) is 3.55. The number of nitrogens with zero attached hydrogens (tertiary/aromatic N) is 1. The van der Waals surface area contributed by atoms with Gasteiger partial charge in [0.25, 0.3) is 5.91 Å². The first-order valence-corrected chi connectivity index (χ1v) is 10.5. The van der Waals surface area contributed by atoms with E-state index in [0.29, 0.717) is 17.3 Å². The largest absolute Gasteiger partial charge is 0.481 e. The van der Waals surface area contributed by atoms with Crippen molar-refractivity contribution in [3.05, 3.63) is 42.0 Å². The number of aliphatic carboxylic acids is 1. The van der Waals surface area contributed by atoms with Crippen LogP contribution in [0.5, 0.6) is 0 Å². The summed E-state index contributed by atoms with van der Waals surface area (Å²) >= 11 is 0. The van der Waals surface area contributed by atoms with Crippen LogP contribution in [0.4, 0.5) is 5.69 Å². The summed E-state index contributed by atoms with van der Waals surface area (Å²) in [7, 11) is 1.86. The fraction of sp³-hybridized carbons (Fsp3) is 0.522. The molecule has 2 bridgehead atoms. The van der Waals surface area contributed by atoms with Crippen molar-refractivity contribution < 1.29 is 19.5 Å². The van der Waals surface area contributed by atoms with Gasteiger partial charge in [0.15, 0.2) is 0 Å². The minimum atomic E-state index is -0.909. The van der Waals surface area contributed by atoms with E-state index in [-0.39, 0.29) is 23.7 Å². The Morgan fingerprint density at radius 1 is 0.966 bits per heavy atom. The number of hydrogen-bond donors (Lipinski definition) is 2. The van der Waals surface area contributed by atoms with Gasteiger partial charge in [0, 0.05) is 24.3 Å². The Balaban J connectivity index is 1.40. The van der Waals surface area contributed by atoms with Gasteiger partial charge in [-0.05, 0) is 55.4 Å². The average molecular weight is 396 g/mol. The van der Waals surface area contributed by atoms with Crippen LogP contribution in [0.15, 0.2) is 36.4 Å². The Morgan fingerprint density at radius 2 is 1.59 bits per heavy atom. The molecule has 0 heterocycles. The Kier molecular flexibility index (Phi) is 5.43. The van der Waals surface area contributed by atoms with E-state index in [2.05, 4.69) is 5.32 Å². The number of carbonyl (C=O) groups is 3. The van der Waals surface area contributed by atoms with Gasteiger partial charge in [-0.25, -0.2) is 0 Å². The summed E-state index contributed by atoms with van der Waals surface area (Å²) in [5.41, 5.74) is 1.19. The normalized spacial score (nSPS) is 28.3. The summed E-state index contributed by atoms with van der Waals surface area (Å²) in [6, 6.07) is 7.20. The molecule has 29 heavy (non-hydrogen) atoms. The molecule has 2 fully saturated rings. The van der Waals surface area contributed by atoms with Crippen LogP contribution in [0.1, 0.15) is 48.9 Å². The summed E-state index contributed by atoms with van der Waals surface area (Å²) in [6.45, 7) is 0. The maximum Gasteiger partial charge on any atom is 0.307 e. The Labute approximate surface area is 171 Å². The third-order valence-electron chi connectivity index (χ3n) is 6.89. The fourth-order valence-electron chi connectivity index (χ4n) is 5.28. The fourth-order valence-corrected chi connectivity index (χ4v) is 5.28. The van der Waals surface area contributed by atoms with Gasteiger partial charge in [0.05, 0.1) is 11.8 Å². The van der Waals surface area contributed by atoms with Gasteiger partial charge >= 0.3 is 5.97 Å². The summed E-state index contributed by atoms with van der Waals surface area (Å²) in [5.74, 6) is -2.42. The van der Waals surface area contributed by atoms with E-state index in [4.69, 9.17) is 0 Å². The van der Waals surface area contributed by atoms with Crippen molar-refractivity contribution in [2.75, 3.05) is 12.4 Å². The van der Waals surface area contributed by atoms with Crippen LogP contribution >= 0.6 is 0 Å². The van der Waals surface area contributed by atoms with Gasteiger partial charge in [0.2, 0.25) is 5.91 Å². The number of anilines is 1. The van der Waals surface area contributed by atoms with Crippen LogP contribution in [-0.2, 0) is 9.59 Å². The molecule has 4 unspecified atom stereocenters. The SMILES string of the molecule is CN(C(=O)c1ccc(NC(=O)C2C3C=CC(C3)C2C(=O)O)cc1)C1CCCCC1. The number of allylic oxidation sites excluding steroid dienone is 2. The minimum absolute atomic E-state index is 0.000965. The lowest BCUT2D eigenvalue weighted by Crippen LogP contribution is -2.38. The molecule has 0 saturated heterocycles. The molecule has 0 aliphatic heterocycles. The number of carboxylic acid groups (broad SMARTS) is 1. The quantitative estimate of drug-likeness (QED) is 0.745. The number of hydrogen-bond acceptors (Lipinski definition) is 3. The van der Waals surface area contributed by atoms with Gasteiger partial charge < -0.3 is 15.3 Å². The molecule has 6 heteroatoms. The number of carbonyl (C=O) groups excluding carboxylic acids is 2. The molecule has 2 N–H and O–H groups in total. The van der Waals surface area contributed by atoms with Crippen molar-refractivity contribution in [2.45, 2.75) is 44.6 Å². The molecule has 6 nitrogen and oxygen atoms in total. The molecule has 154 valence electrons. The van der Waals surface area contributed by atoms with Crippen LogP contribution in [0, 0.1) is 23.7 Å². The molecule has 0 aromatic heterocycles. The second-order valence-electron chi connectivity index (χ2n) is 8.61. The first-order valence-electron chi connectivity index (χ1n) is 10.5. The first kappa shape index (κ1) is 19.7. The van der Waals surface area contributed by atoms with Gasteiger partial charge in [0.1, 0.15) is 0 Å². The van der Waals surface area contributed by atoms with E-state index in [9.17, 15) is 19.5 Å². The zero-order chi connectivity index (χ0) is 20.5. The number of fused-ring (bicyclic) bond motifs is 2. The van der Waals surface area contributed by atoms with Crippen LogP contribution < -0.4 is 5.32 Å². The highest BCUT2D eigenvalue weighted by Gasteiger charge is 2.51. The molecule has 0 spiro atoms. The summed E-state index contributed by atoms with van der Waals surface area (Å²) in [5, 5.41) is 12.4. The molecule has 2 saturated carbocycles. The standard InChI is InChI=1S/C23H28N2O4/c1-25(18-5-3-2-4-6-18)22(27)14-9-11-17(12-10-14)24-21(26)19-15-7-8-16(13-15)20(19)23(28)29/h7-12,15-16,18-20H,2-6,13H2,1H3,(H,24,26)(H,28,29). The van der Waals surface area contributed by atoms with E-state index >= 15 is 0 Å². The van der Waals surface area contributed by atoms with Gasteiger partial charge in [-0.1, -0.05) is 31.4 Å². The Morgan fingerprint density at radius 3 is 2.21 bits per heavy atom. The van der Waals surface area contributed by atoms with Crippen molar-refractivity contribution in [3.63, 3.8) is 0 Å². The van der Waals surface area contributed by atoms with Crippen molar-refractivity contribution >= 4 is 23.5 Å². The van der Waals surface area contributed by atoms with Crippen molar-refractivity contribution in [1.29, 1.82) is 0 Å². The molecule has 1 aromatic rings. The summed E-state index contributed by atoms with van der Waals surface area (Å²) in [4.78, 5) is 39.0. The highest BCUT2D eigenvalue weighted by atomic mass is 16.4. The molecule has 1 aromatic carbocycles. The third-order valence-corrected chi connectivity index (χ3v) is 6.89. The highest BCUT2D eigenvalue weighted by molar-refractivity contribution is 5.98. The first-order chi connectivity index (χ1) is 14.0. The molecule has 3 aliphatic rings. The maximum absolute atomic E-state index is 12.8. The maximum atomic E-state index is 12.8. The van der Waals surface area contributed by atoms with Crippen molar-refractivity contribution in [2.24, 2.45) is 23.7 Å². The second-order valence-corrected chi connectivity index (χ2v) is 8.61. The lowest BCUT2D eigenvalue weighted by atomic mass is 9.82. The summed E-state index contributed by atoms with van der Waals surface area (Å²) < 4.78 is 0. The lowest BCUT2D eigenvalue weighted by molar-refractivity contribution is -0.146. The molecular formula is C23H28N2O4. The van der Waals surface area contributed by atoms with E-state index in [1.54, 1.807) is 24.3 Å². The average Bonchev–Trinajstić information content (AvgIpc) is 3.35. The molecule has 0 radical (unpaired) electrons. The van der Waals surface area contributed by atoms with Crippen LogP contribution in [-0.4, -0.2) is 40.9 Å². The van der Waals surface area contributed by atoms with Crippen molar-refractivity contribution in [3.8, 4) is 0 Å². The lowest BCUT2D eigenvalue weighted by Gasteiger charge is -2.31. The second kappa shape index (κ2) is 8.01. The topological polar surface area (TPSA) is 86.7 Å².